The zero-order valence-electron chi connectivity index (χ0n) is 35.2. The molecule has 12 N–H and O–H groups in total. The summed E-state index contributed by atoms with van der Waals surface area (Å²) in [7, 11) is 0. The maximum Gasteiger partial charge on any atom is 0.414 e. The lowest BCUT2D eigenvalue weighted by atomic mass is 9.82. The number of carbonyl (C=O) groups excluding carboxylic acids is 7. The molecule has 338 valence electrons. The van der Waals surface area contributed by atoms with Gasteiger partial charge >= 0.3 is 12.1 Å². The van der Waals surface area contributed by atoms with Gasteiger partial charge in [0.25, 0.3) is 0 Å². The van der Waals surface area contributed by atoms with Crippen LogP contribution >= 0.6 is 0 Å². The van der Waals surface area contributed by atoms with E-state index >= 15 is 0 Å². The van der Waals surface area contributed by atoms with Crippen molar-refractivity contribution in [1.82, 2.24) is 31.5 Å². The Balaban J connectivity index is 1.87. The van der Waals surface area contributed by atoms with Gasteiger partial charge in [0.1, 0.15) is 29.9 Å². The number of aliphatic carboxylic acids is 1. The number of aromatic hydroxyl groups is 1. The number of nitrogens with zero attached hydrogens (tertiary/aromatic N) is 1. The number of benzene rings is 2. The summed E-state index contributed by atoms with van der Waals surface area (Å²) < 4.78 is 0. The Bertz CT molecular complexity index is 1930. The van der Waals surface area contributed by atoms with Crippen LogP contribution in [0, 0.1) is 17.8 Å². The fourth-order valence-electron chi connectivity index (χ4n) is 7.12. The first kappa shape index (κ1) is 49.8. The molecule has 0 aliphatic heterocycles. The number of nitrogens with two attached hydrogens (primary N) is 2. The first-order valence-electron chi connectivity index (χ1n) is 20.3. The molecule has 1 fully saturated rings. The molecular formula is C42H58N8O12. The molecule has 62 heavy (non-hydrogen) atoms. The van der Waals surface area contributed by atoms with Crippen LogP contribution in [0.25, 0.3) is 0 Å². The van der Waals surface area contributed by atoms with Crippen molar-refractivity contribution in [2.75, 3.05) is 6.54 Å². The quantitative estimate of drug-likeness (QED) is 0.0785. The molecule has 0 spiro atoms. The van der Waals surface area contributed by atoms with E-state index in [1.54, 1.807) is 58.0 Å². The number of imide groups is 1. The van der Waals surface area contributed by atoms with E-state index in [4.69, 9.17) is 11.5 Å². The molecule has 0 radical (unpaired) electrons. The smallest absolute Gasteiger partial charge is 0.414 e. The lowest BCUT2D eigenvalue weighted by Gasteiger charge is -2.38. The molecule has 2 aromatic carbocycles. The van der Waals surface area contributed by atoms with Gasteiger partial charge in [-0.3, -0.25) is 38.4 Å². The molecule has 0 bridgehead atoms. The third kappa shape index (κ3) is 14.9. The largest absolute Gasteiger partial charge is 0.508 e. The third-order valence-corrected chi connectivity index (χ3v) is 10.4. The molecule has 20 heteroatoms. The number of primary amides is 1. The molecule has 20 nitrogen and oxygen atoms in total. The van der Waals surface area contributed by atoms with E-state index in [1.807, 2.05) is 0 Å². The number of carboxylic acids is 1. The van der Waals surface area contributed by atoms with Crippen molar-refractivity contribution < 1.29 is 58.5 Å². The number of hydrogen-bond acceptors (Lipinski definition) is 11. The van der Waals surface area contributed by atoms with Gasteiger partial charge in [-0.05, 0) is 54.4 Å². The third-order valence-electron chi connectivity index (χ3n) is 10.4. The van der Waals surface area contributed by atoms with Gasteiger partial charge in [0.2, 0.25) is 41.4 Å². The van der Waals surface area contributed by atoms with Crippen LogP contribution in [0.5, 0.6) is 5.75 Å². The van der Waals surface area contributed by atoms with Gasteiger partial charge in [0.05, 0.1) is 31.0 Å². The van der Waals surface area contributed by atoms with E-state index in [-0.39, 0.29) is 31.4 Å². The molecule has 0 heterocycles. The summed E-state index contributed by atoms with van der Waals surface area (Å²) >= 11 is 0. The molecule has 0 unspecified atom stereocenters. The van der Waals surface area contributed by atoms with Crippen molar-refractivity contribution in [3.8, 4) is 5.75 Å². The van der Waals surface area contributed by atoms with Gasteiger partial charge in [0, 0.05) is 6.42 Å². The molecule has 7 atom stereocenters. The summed E-state index contributed by atoms with van der Waals surface area (Å²) in [6.07, 6.45) is -1.53. The molecule has 0 aromatic heterocycles. The first-order valence-corrected chi connectivity index (χ1v) is 20.3. The summed E-state index contributed by atoms with van der Waals surface area (Å²) in [6, 6.07) is 6.11. The highest BCUT2D eigenvalue weighted by atomic mass is 16.4. The Hall–Kier alpha value is -6.57. The van der Waals surface area contributed by atoms with Crippen LogP contribution < -0.4 is 38.1 Å². The molecule has 1 aliphatic rings. The Labute approximate surface area is 358 Å². The van der Waals surface area contributed by atoms with Crippen molar-refractivity contribution in [3.63, 3.8) is 0 Å². The van der Waals surface area contributed by atoms with Gasteiger partial charge in [-0.1, -0.05) is 83.0 Å². The summed E-state index contributed by atoms with van der Waals surface area (Å²) in [4.78, 5) is 118. The molecule has 0 saturated heterocycles. The van der Waals surface area contributed by atoms with Crippen LogP contribution in [0.15, 0.2) is 54.6 Å². The normalized spacial score (nSPS) is 17.3. The summed E-state index contributed by atoms with van der Waals surface area (Å²) in [5.41, 5.74) is 12.4. The number of phenols is 1. The van der Waals surface area contributed by atoms with Crippen LogP contribution in [0.1, 0.15) is 70.9 Å². The lowest BCUT2D eigenvalue weighted by Crippen LogP contribution is -2.61. The van der Waals surface area contributed by atoms with Crippen LogP contribution in [0.2, 0.25) is 0 Å². The predicted octanol–water partition coefficient (Wildman–Crippen LogP) is -0.102. The van der Waals surface area contributed by atoms with Crippen molar-refractivity contribution in [1.29, 1.82) is 0 Å². The zero-order valence-corrected chi connectivity index (χ0v) is 35.2. The highest BCUT2D eigenvalue weighted by Gasteiger charge is 2.43. The number of amides is 8. The second-order valence-electron chi connectivity index (χ2n) is 16.0. The number of phenolic OH excluding ortho intramolecular Hbond substituents is 1. The second kappa shape index (κ2) is 23.4. The lowest BCUT2D eigenvalue weighted by molar-refractivity contribution is -0.142. The Morgan fingerprint density at radius 1 is 0.694 bits per heavy atom. The Morgan fingerprint density at radius 3 is 1.81 bits per heavy atom. The van der Waals surface area contributed by atoms with Crippen LogP contribution in [-0.4, -0.2) is 116 Å². The van der Waals surface area contributed by atoms with Gasteiger partial charge in [0.15, 0.2) is 0 Å². The molecule has 1 aliphatic carbocycles. The van der Waals surface area contributed by atoms with E-state index in [2.05, 4.69) is 26.6 Å². The van der Waals surface area contributed by atoms with Gasteiger partial charge in [-0.25, -0.2) is 9.69 Å². The average molecular weight is 867 g/mol. The molecule has 8 amide bonds. The molecule has 2 aromatic rings. The van der Waals surface area contributed by atoms with Gasteiger partial charge in [-0.15, -0.1) is 0 Å². The number of rotatable bonds is 21. The summed E-state index contributed by atoms with van der Waals surface area (Å²) in [6.45, 7) is 5.95. The molecule has 1 saturated carbocycles. The van der Waals surface area contributed by atoms with Crippen LogP contribution in [-0.2, 0) is 51.2 Å². The summed E-state index contributed by atoms with van der Waals surface area (Å²) in [5, 5.41) is 42.0. The number of carboxylic acid groups (broad SMARTS) is 2. The van der Waals surface area contributed by atoms with E-state index in [0.717, 1.165) is 0 Å². The Kier molecular flexibility index (Phi) is 18.8. The fraction of sp³-hybridized carbons (Fsp3) is 0.500. The fourth-order valence-corrected chi connectivity index (χ4v) is 7.12. The SMILES string of the molecule is CC(C)[C@H](NC(=O)[C@H](CC(=O)O)NC(=O)[C@H](Cc1ccccc1)NC(=O)[C@@H]1CCCC[C@@H]1N(C(=O)O)C(=O)[C@@H](N)Cc1ccc(O)cc1)C(=O)N[C@H](C(=O)NCC(N)=O)C(C)C. The topological polar surface area (TPSA) is 330 Å². The minimum atomic E-state index is -1.78. The van der Waals surface area contributed by atoms with Crippen molar-refractivity contribution in [3.05, 3.63) is 65.7 Å². The standard InChI is InChI=1S/C42H58N8O12/c1-22(2)34(39(58)45-21-32(44)52)49-40(59)35(23(3)4)48-38(57)30(20-33(53)54)47-37(56)29(19-24-10-6-5-7-11-24)46-36(55)27-12-8-9-13-31(27)50(42(61)62)41(60)28(43)18-25-14-16-26(51)17-15-25/h5-7,10-11,14-17,22-23,27-31,34-35,51H,8-9,12-13,18-21,43H2,1-4H3,(H2,44,52)(H,45,58)(H,46,55)(H,47,56)(H,48,57)(H,49,59)(H,53,54)(H,61,62)/t27-,28+,29+,30+,31+,34+,35+/m1/s1. The second-order valence-corrected chi connectivity index (χ2v) is 16.0. The highest BCUT2D eigenvalue weighted by Crippen LogP contribution is 2.30. The average Bonchev–Trinajstić information content (AvgIpc) is 3.21. The number of nitrogens with one attached hydrogen (secondary N) is 5. The minimum Gasteiger partial charge on any atom is -0.508 e. The highest BCUT2D eigenvalue weighted by molar-refractivity contribution is 5.98. The van der Waals surface area contributed by atoms with Crippen molar-refractivity contribution in [2.45, 2.75) is 109 Å². The maximum atomic E-state index is 14.2. The maximum absolute atomic E-state index is 14.2. The Morgan fingerprint density at radius 2 is 1.24 bits per heavy atom. The van der Waals surface area contributed by atoms with E-state index in [1.165, 1.54) is 24.3 Å². The van der Waals surface area contributed by atoms with E-state index in [9.17, 15) is 58.5 Å². The first-order chi connectivity index (χ1) is 29.2. The molecule has 3 rings (SSSR count). The number of hydrogen-bond donors (Lipinski definition) is 10. The predicted molar refractivity (Wildman–Crippen MR) is 222 cm³/mol. The summed E-state index contributed by atoms with van der Waals surface area (Å²) in [5.74, 6) is -9.80. The zero-order chi connectivity index (χ0) is 46.3. The van der Waals surface area contributed by atoms with Crippen LogP contribution in [0.3, 0.4) is 0 Å². The monoisotopic (exact) mass is 866 g/mol. The molecular weight excluding hydrogens is 809 g/mol. The minimum absolute atomic E-state index is 0.0131. The van der Waals surface area contributed by atoms with Gasteiger partial charge in [-0.2, -0.15) is 0 Å². The van der Waals surface area contributed by atoms with E-state index in [0.29, 0.717) is 28.9 Å². The van der Waals surface area contributed by atoms with Crippen molar-refractivity contribution in [2.24, 2.45) is 29.2 Å². The van der Waals surface area contributed by atoms with Crippen LogP contribution in [0.4, 0.5) is 4.79 Å². The van der Waals surface area contributed by atoms with Crippen molar-refractivity contribution >= 4 is 53.4 Å². The number of carbonyl (C=O) groups is 9. The van der Waals surface area contributed by atoms with E-state index < -0.39 is 120 Å². The van der Waals surface area contributed by atoms with Gasteiger partial charge < -0.3 is 53.4 Å².